The second kappa shape index (κ2) is 16.7. The van der Waals surface area contributed by atoms with Gasteiger partial charge in [-0.1, -0.05) is 167 Å². The monoisotopic (exact) mass is 779 g/mol. The van der Waals surface area contributed by atoms with Crippen LogP contribution in [0, 0.1) is 0 Å². The highest BCUT2D eigenvalue weighted by atomic mass is 15.1. The Bertz CT molecular complexity index is 2810. The molecule has 0 aliphatic carbocycles. The Morgan fingerprint density at radius 1 is 0.233 bits per heavy atom. The van der Waals surface area contributed by atoms with Crippen LogP contribution in [-0.4, -0.2) is 44.9 Å². The van der Waals surface area contributed by atoms with Crippen molar-refractivity contribution in [1.82, 2.24) is 44.9 Å². The highest BCUT2D eigenvalue weighted by Crippen LogP contribution is 2.34. The van der Waals surface area contributed by atoms with Crippen molar-refractivity contribution in [2.75, 3.05) is 0 Å². The largest absolute Gasteiger partial charge is 0.213 e. The molecule has 0 spiro atoms. The Morgan fingerprint density at radius 3 is 0.850 bits per heavy atom. The molecule has 0 saturated carbocycles. The molecular weight excluding hydrogens is 739 g/mol. The maximum Gasteiger partial charge on any atom is 0.164 e. The topological polar surface area (TPSA) is 116 Å². The van der Waals surface area contributed by atoms with E-state index in [2.05, 4.69) is 52.0 Å². The first kappa shape index (κ1) is 37.9. The maximum absolute atomic E-state index is 5.20. The second-order valence-corrected chi connectivity index (χ2v) is 15.1. The van der Waals surface area contributed by atoms with E-state index in [0.717, 1.165) is 50.1 Å². The SMILES string of the molecule is CC(C)c1nc(-c2ccccc2)nc(-c2cc(-c3nc(-c4ccccc4)nc(-c4cccc(-c5ccccc5)c4)n3)cc(-c3nc(-c4ccccc4)nc(C(C)C)n3)c2)n1. The summed E-state index contributed by atoms with van der Waals surface area (Å²) in [6.07, 6.45) is 0. The number of rotatable bonds is 10. The summed E-state index contributed by atoms with van der Waals surface area (Å²) < 4.78 is 0. The van der Waals surface area contributed by atoms with Gasteiger partial charge in [-0.05, 0) is 35.4 Å². The number of hydrogen-bond acceptors (Lipinski definition) is 9. The zero-order chi connectivity index (χ0) is 41.0. The van der Waals surface area contributed by atoms with Crippen molar-refractivity contribution in [3.05, 3.63) is 175 Å². The number of aromatic nitrogens is 9. The van der Waals surface area contributed by atoms with Gasteiger partial charge in [0.2, 0.25) is 0 Å². The molecule has 9 rings (SSSR count). The Labute approximate surface area is 349 Å². The van der Waals surface area contributed by atoms with Crippen LogP contribution in [0.25, 0.3) is 90.8 Å². The van der Waals surface area contributed by atoms with Crippen LogP contribution in [0.4, 0.5) is 0 Å². The van der Waals surface area contributed by atoms with Crippen molar-refractivity contribution < 1.29 is 0 Å². The molecule has 0 aliphatic heterocycles. The summed E-state index contributed by atoms with van der Waals surface area (Å²) >= 11 is 0. The van der Waals surface area contributed by atoms with Crippen LogP contribution >= 0.6 is 0 Å². The van der Waals surface area contributed by atoms with Crippen LogP contribution in [-0.2, 0) is 0 Å². The molecule has 290 valence electrons. The lowest BCUT2D eigenvalue weighted by atomic mass is 10.0. The summed E-state index contributed by atoms with van der Waals surface area (Å²) in [6.45, 7) is 8.35. The highest BCUT2D eigenvalue weighted by molar-refractivity contribution is 5.78. The molecule has 9 heteroatoms. The van der Waals surface area contributed by atoms with Gasteiger partial charge in [-0.2, -0.15) is 0 Å². The predicted octanol–water partition coefficient (Wildman–Crippen LogP) is 11.8. The lowest BCUT2D eigenvalue weighted by Crippen LogP contribution is -2.06. The van der Waals surface area contributed by atoms with Gasteiger partial charge in [0.1, 0.15) is 11.6 Å². The van der Waals surface area contributed by atoms with Gasteiger partial charge in [-0.15, -0.1) is 0 Å². The van der Waals surface area contributed by atoms with Gasteiger partial charge in [0.25, 0.3) is 0 Å². The maximum atomic E-state index is 5.20. The molecule has 6 aromatic carbocycles. The van der Waals surface area contributed by atoms with E-state index < -0.39 is 0 Å². The predicted molar refractivity (Wildman–Crippen MR) is 238 cm³/mol. The fourth-order valence-electron chi connectivity index (χ4n) is 6.83. The Kier molecular flexibility index (Phi) is 10.5. The first-order chi connectivity index (χ1) is 29.3. The molecule has 3 aromatic heterocycles. The van der Waals surface area contributed by atoms with Crippen LogP contribution in [0.15, 0.2) is 164 Å². The minimum atomic E-state index is 0.0496. The average molecular weight is 780 g/mol. The third-order valence-corrected chi connectivity index (χ3v) is 10.0. The van der Waals surface area contributed by atoms with E-state index in [9.17, 15) is 0 Å². The van der Waals surface area contributed by atoms with Crippen LogP contribution in [0.3, 0.4) is 0 Å². The van der Waals surface area contributed by atoms with Gasteiger partial charge in [0.15, 0.2) is 40.8 Å². The van der Waals surface area contributed by atoms with E-state index in [4.69, 9.17) is 44.9 Å². The van der Waals surface area contributed by atoms with Gasteiger partial charge >= 0.3 is 0 Å². The molecule has 0 saturated heterocycles. The normalized spacial score (nSPS) is 11.3. The fraction of sp³-hybridized carbons (Fsp3) is 0.118. The summed E-state index contributed by atoms with van der Waals surface area (Å²) in [6, 6.07) is 54.7. The van der Waals surface area contributed by atoms with Crippen molar-refractivity contribution in [1.29, 1.82) is 0 Å². The average Bonchev–Trinajstić information content (AvgIpc) is 3.32. The molecule has 3 heterocycles. The molecule has 0 atom stereocenters. The summed E-state index contributed by atoms with van der Waals surface area (Å²) in [7, 11) is 0. The fourth-order valence-corrected chi connectivity index (χ4v) is 6.83. The molecule has 9 aromatic rings. The first-order valence-corrected chi connectivity index (χ1v) is 20.1. The quantitative estimate of drug-likeness (QED) is 0.134. The standard InChI is InChI=1S/C51H41N9/c1-32(2)43-52-45(35-20-11-6-12-21-35)57-49(54-43)40-29-41(50-55-44(33(3)4)53-46(58-50)36-22-13-7-14-23-36)31-42(30-40)51-59-47(37-24-15-8-16-25-37)56-48(60-51)39-27-17-26-38(28-39)34-18-9-5-10-19-34/h5-33H,1-4H3. The molecular formula is C51H41N9. The van der Waals surface area contributed by atoms with E-state index in [0.29, 0.717) is 52.4 Å². The number of nitrogens with zero attached hydrogens (tertiary/aromatic N) is 9. The molecule has 0 unspecified atom stereocenters. The molecule has 0 amide bonds. The van der Waals surface area contributed by atoms with E-state index in [1.807, 2.05) is 140 Å². The highest BCUT2D eigenvalue weighted by Gasteiger charge is 2.20. The van der Waals surface area contributed by atoms with E-state index >= 15 is 0 Å². The van der Waals surface area contributed by atoms with Gasteiger partial charge in [0.05, 0.1) is 0 Å². The van der Waals surface area contributed by atoms with Crippen LogP contribution < -0.4 is 0 Å². The lowest BCUT2D eigenvalue weighted by Gasteiger charge is -2.14. The van der Waals surface area contributed by atoms with E-state index in [-0.39, 0.29) is 11.8 Å². The molecule has 0 bridgehead atoms. The van der Waals surface area contributed by atoms with E-state index in [1.165, 1.54) is 0 Å². The van der Waals surface area contributed by atoms with Crippen molar-refractivity contribution in [2.24, 2.45) is 0 Å². The molecule has 60 heavy (non-hydrogen) atoms. The Balaban J connectivity index is 1.29. The van der Waals surface area contributed by atoms with Crippen LogP contribution in [0.2, 0.25) is 0 Å². The minimum Gasteiger partial charge on any atom is -0.213 e. The first-order valence-electron chi connectivity index (χ1n) is 20.1. The summed E-state index contributed by atoms with van der Waals surface area (Å²) in [4.78, 5) is 45.4. The van der Waals surface area contributed by atoms with Crippen LogP contribution in [0.5, 0.6) is 0 Å². The smallest absolute Gasteiger partial charge is 0.164 e. The molecule has 0 radical (unpaired) electrons. The number of benzene rings is 6. The summed E-state index contributed by atoms with van der Waals surface area (Å²) in [5.74, 6) is 5.28. The van der Waals surface area contributed by atoms with Gasteiger partial charge < -0.3 is 0 Å². The van der Waals surface area contributed by atoms with Crippen molar-refractivity contribution in [3.8, 4) is 90.8 Å². The Morgan fingerprint density at radius 2 is 0.483 bits per heavy atom. The Hall–Kier alpha value is -7.65. The van der Waals surface area contributed by atoms with Gasteiger partial charge in [0, 0.05) is 50.8 Å². The van der Waals surface area contributed by atoms with E-state index in [1.54, 1.807) is 0 Å². The summed E-state index contributed by atoms with van der Waals surface area (Å²) in [5, 5.41) is 0. The van der Waals surface area contributed by atoms with Crippen LogP contribution in [0.1, 0.15) is 51.2 Å². The third-order valence-electron chi connectivity index (χ3n) is 10.0. The lowest BCUT2D eigenvalue weighted by molar-refractivity contribution is 0.765. The number of hydrogen-bond donors (Lipinski definition) is 0. The molecule has 0 N–H and O–H groups in total. The molecule has 0 aliphatic rings. The van der Waals surface area contributed by atoms with Crippen molar-refractivity contribution in [3.63, 3.8) is 0 Å². The van der Waals surface area contributed by atoms with Crippen molar-refractivity contribution >= 4 is 0 Å². The van der Waals surface area contributed by atoms with Gasteiger partial charge in [-0.25, -0.2) is 44.9 Å². The van der Waals surface area contributed by atoms with Gasteiger partial charge in [-0.3, -0.25) is 0 Å². The zero-order valence-corrected chi connectivity index (χ0v) is 33.8. The zero-order valence-electron chi connectivity index (χ0n) is 33.8. The minimum absolute atomic E-state index is 0.0496. The third kappa shape index (κ3) is 8.19. The molecule has 9 nitrogen and oxygen atoms in total. The molecule has 0 fully saturated rings. The second-order valence-electron chi connectivity index (χ2n) is 15.1. The van der Waals surface area contributed by atoms with Crippen molar-refractivity contribution in [2.45, 2.75) is 39.5 Å². The summed E-state index contributed by atoms with van der Waals surface area (Å²) in [5.41, 5.74) is 7.92.